The van der Waals surface area contributed by atoms with Crippen LogP contribution in [0.25, 0.3) is 0 Å². The molecule has 4 saturated carbocycles. The molecule has 4 aliphatic rings. The zero-order valence-electron chi connectivity index (χ0n) is 20.0. The van der Waals surface area contributed by atoms with Gasteiger partial charge in [-0.1, -0.05) is 49.2 Å². The minimum atomic E-state index is 0.282. The van der Waals surface area contributed by atoms with E-state index in [1.807, 2.05) is 31.2 Å². The number of rotatable bonds is 8. The van der Waals surface area contributed by atoms with E-state index in [9.17, 15) is 0 Å². The van der Waals surface area contributed by atoms with Crippen molar-refractivity contribution >= 4 is 23.2 Å². The van der Waals surface area contributed by atoms with Crippen molar-refractivity contribution in [2.45, 2.75) is 78.0 Å². The molecule has 2 unspecified atom stereocenters. The summed E-state index contributed by atoms with van der Waals surface area (Å²) in [6.45, 7) is 8.79. The Morgan fingerprint density at radius 3 is 2.24 bits per heavy atom. The van der Waals surface area contributed by atoms with E-state index in [0.717, 1.165) is 23.8 Å². The summed E-state index contributed by atoms with van der Waals surface area (Å²) in [5.41, 5.74) is 3.32. The van der Waals surface area contributed by atoms with E-state index in [-0.39, 0.29) is 5.54 Å². The molecule has 4 bridgehead atoms. The lowest BCUT2D eigenvalue weighted by atomic mass is 9.43. The van der Waals surface area contributed by atoms with Crippen molar-refractivity contribution in [1.29, 1.82) is 0 Å². The average molecular weight is 488 g/mol. The molecular formula is C28H35Cl2NO2. The molecule has 4 aliphatic carbocycles. The lowest BCUT2D eigenvalue weighted by Crippen LogP contribution is -2.63. The standard InChI is InChI=1S/C28H35Cl2NO2/c1-4-32-25-10-19(8-9-24(25)33-15-21-22(29)6-5-7-23(21)30)14-31-28-13-20-11-26(2,17-28)16-27(3,12-20)18-28/h5-10,20,31H,4,11-18H2,1-3H3/t20?,26-,27+,28?. The Bertz CT molecular complexity index is 1000. The Kier molecular flexibility index (Phi) is 6.12. The Morgan fingerprint density at radius 1 is 0.909 bits per heavy atom. The lowest BCUT2D eigenvalue weighted by Gasteiger charge is -2.65. The smallest absolute Gasteiger partial charge is 0.161 e. The van der Waals surface area contributed by atoms with Gasteiger partial charge in [-0.2, -0.15) is 0 Å². The maximum Gasteiger partial charge on any atom is 0.161 e. The van der Waals surface area contributed by atoms with E-state index < -0.39 is 0 Å². The second-order valence-corrected chi connectivity index (χ2v) is 12.3. The number of hydrogen-bond donors (Lipinski definition) is 1. The fourth-order valence-corrected chi connectivity index (χ4v) is 8.31. The molecule has 33 heavy (non-hydrogen) atoms. The highest BCUT2D eigenvalue weighted by molar-refractivity contribution is 6.35. The molecule has 0 radical (unpaired) electrons. The van der Waals surface area contributed by atoms with Crippen LogP contribution in [-0.2, 0) is 13.2 Å². The minimum absolute atomic E-state index is 0.282. The first-order valence-corrected chi connectivity index (χ1v) is 13.0. The largest absolute Gasteiger partial charge is 0.490 e. The third-order valence-electron chi connectivity index (χ3n) is 8.04. The normalized spacial score (nSPS) is 32.2. The molecule has 4 fully saturated rings. The molecular weight excluding hydrogens is 453 g/mol. The first-order valence-electron chi connectivity index (χ1n) is 12.3. The monoisotopic (exact) mass is 487 g/mol. The van der Waals surface area contributed by atoms with Crippen LogP contribution in [0.4, 0.5) is 0 Å². The van der Waals surface area contributed by atoms with Crippen LogP contribution in [0.1, 0.15) is 70.4 Å². The van der Waals surface area contributed by atoms with Gasteiger partial charge in [-0.3, -0.25) is 0 Å². The molecule has 0 aromatic heterocycles. The van der Waals surface area contributed by atoms with Gasteiger partial charge in [0.25, 0.3) is 0 Å². The van der Waals surface area contributed by atoms with Gasteiger partial charge in [0, 0.05) is 27.7 Å². The quantitative estimate of drug-likeness (QED) is 0.411. The second kappa shape index (κ2) is 8.66. The first-order chi connectivity index (χ1) is 15.7. The van der Waals surface area contributed by atoms with Crippen LogP contribution in [0.3, 0.4) is 0 Å². The van der Waals surface area contributed by atoms with Gasteiger partial charge < -0.3 is 14.8 Å². The van der Waals surface area contributed by atoms with Crippen LogP contribution in [0.2, 0.25) is 10.0 Å². The van der Waals surface area contributed by atoms with Gasteiger partial charge in [-0.15, -0.1) is 0 Å². The number of benzene rings is 2. The van der Waals surface area contributed by atoms with Gasteiger partial charge in [0.15, 0.2) is 11.5 Å². The van der Waals surface area contributed by atoms with E-state index in [2.05, 4.69) is 31.3 Å². The highest BCUT2D eigenvalue weighted by Crippen LogP contribution is 2.66. The third-order valence-corrected chi connectivity index (χ3v) is 8.74. The number of halogens is 2. The minimum Gasteiger partial charge on any atom is -0.490 e. The van der Waals surface area contributed by atoms with E-state index in [0.29, 0.717) is 39.8 Å². The molecule has 0 spiro atoms. The molecule has 3 nitrogen and oxygen atoms in total. The van der Waals surface area contributed by atoms with E-state index in [4.69, 9.17) is 32.7 Å². The second-order valence-electron chi connectivity index (χ2n) is 11.5. The SMILES string of the molecule is CCOc1cc(CNC23CC4C[C@@](C)(C2)C[C@](C)(C4)C3)ccc1OCc1c(Cl)cccc1Cl. The van der Waals surface area contributed by atoms with Gasteiger partial charge >= 0.3 is 0 Å². The summed E-state index contributed by atoms with van der Waals surface area (Å²) in [5, 5.41) is 5.25. The topological polar surface area (TPSA) is 30.5 Å². The van der Waals surface area contributed by atoms with Gasteiger partial charge in [-0.25, -0.2) is 0 Å². The fourth-order valence-electron chi connectivity index (χ4n) is 7.80. The van der Waals surface area contributed by atoms with Crippen LogP contribution in [0, 0.1) is 16.7 Å². The lowest BCUT2D eigenvalue weighted by molar-refractivity contribution is -0.118. The van der Waals surface area contributed by atoms with E-state index >= 15 is 0 Å². The Morgan fingerprint density at radius 2 is 1.61 bits per heavy atom. The zero-order chi connectivity index (χ0) is 23.3. The highest BCUT2D eigenvalue weighted by Gasteiger charge is 2.59. The van der Waals surface area contributed by atoms with Gasteiger partial charge in [0.1, 0.15) is 6.61 Å². The molecule has 2 aromatic rings. The molecule has 0 amide bonds. The molecule has 2 aromatic carbocycles. The predicted molar refractivity (Wildman–Crippen MR) is 135 cm³/mol. The Labute approximate surface area is 208 Å². The van der Waals surface area contributed by atoms with Crippen molar-refractivity contribution in [2.75, 3.05) is 6.61 Å². The molecule has 4 atom stereocenters. The summed E-state index contributed by atoms with van der Waals surface area (Å²) in [5.74, 6) is 2.37. The molecule has 0 aliphatic heterocycles. The van der Waals surface area contributed by atoms with Crippen LogP contribution in [0.15, 0.2) is 36.4 Å². The Balaban J connectivity index is 1.29. The van der Waals surface area contributed by atoms with Crippen molar-refractivity contribution < 1.29 is 9.47 Å². The van der Waals surface area contributed by atoms with Crippen LogP contribution in [-0.4, -0.2) is 12.1 Å². The summed E-state index contributed by atoms with van der Waals surface area (Å²) in [7, 11) is 0. The van der Waals surface area contributed by atoms with Crippen molar-refractivity contribution in [3.05, 3.63) is 57.6 Å². The highest BCUT2D eigenvalue weighted by atomic mass is 35.5. The van der Waals surface area contributed by atoms with Crippen molar-refractivity contribution in [3.63, 3.8) is 0 Å². The molecule has 6 rings (SSSR count). The van der Waals surface area contributed by atoms with E-state index in [1.54, 1.807) is 0 Å². The zero-order valence-corrected chi connectivity index (χ0v) is 21.5. The van der Waals surface area contributed by atoms with Crippen LogP contribution >= 0.6 is 23.2 Å². The molecule has 0 saturated heterocycles. The predicted octanol–water partition coefficient (Wildman–Crippen LogP) is 7.81. The number of nitrogens with one attached hydrogen (secondary N) is 1. The van der Waals surface area contributed by atoms with Crippen LogP contribution < -0.4 is 14.8 Å². The molecule has 0 heterocycles. The number of ether oxygens (including phenoxy) is 2. The Hall–Kier alpha value is -1.42. The maximum atomic E-state index is 6.31. The van der Waals surface area contributed by atoms with Crippen molar-refractivity contribution in [2.24, 2.45) is 16.7 Å². The summed E-state index contributed by atoms with van der Waals surface area (Å²) >= 11 is 12.6. The number of hydrogen-bond acceptors (Lipinski definition) is 3. The van der Waals surface area contributed by atoms with Gasteiger partial charge in [-0.05, 0) is 92.0 Å². The van der Waals surface area contributed by atoms with Crippen molar-refractivity contribution in [1.82, 2.24) is 5.32 Å². The molecule has 178 valence electrons. The summed E-state index contributed by atoms with van der Waals surface area (Å²) in [6.07, 6.45) is 8.19. The summed E-state index contributed by atoms with van der Waals surface area (Å²) in [4.78, 5) is 0. The fraction of sp³-hybridized carbons (Fsp3) is 0.571. The van der Waals surface area contributed by atoms with Crippen LogP contribution in [0.5, 0.6) is 11.5 Å². The van der Waals surface area contributed by atoms with Crippen molar-refractivity contribution in [3.8, 4) is 11.5 Å². The summed E-state index contributed by atoms with van der Waals surface area (Å²) in [6, 6.07) is 11.8. The third kappa shape index (κ3) is 4.74. The van der Waals surface area contributed by atoms with Gasteiger partial charge in [0.05, 0.1) is 6.61 Å². The first kappa shape index (κ1) is 23.3. The average Bonchev–Trinajstić information content (AvgIpc) is 2.71. The molecule has 5 heteroatoms. The summed E-state index contributed by atoms with van der Waals surface area (Å²) < 4.78 is 12.0. The van der Waals surface area contributed by atoms with Gasteiger partial charge in [0.2, 0.25) is 0 Å². The maximum absolute atomic E-state index is 6.31. The molecule has 1 N–H and O–H groups in total. The van der Waals surface area contributed by atoms with E-state index in [1.165, 1.54) is 44.1 Å².